The molecule has 3 rings (SSSR count). The van der Waals surface area contributed by atoms with Crippen LogP contribution in [0.15, 0.2) is 61.1 Å². The molecule has 0 saturated heterocycles. The van der Waals surface area contributed by atoms with Crippen molar-refractivity contribution >= 4 is 23.2 Å². The van der Waals surface area contributed by atoms with Gasteiger partial charge in [-0.1, -0.05) is 41.9 Å². The van der Waals surface area contributed by atoms with Gasteiger partial charge in [0.15, 0.2) is 0 Å². The van der Waals surface area contributed by atoms with E-state index in [1.165, 1.54) is 0 Å². The van der Waals surface area contributed by atoms with E-state index < -0.39 is 0 Å². The molecule has 0 aliphatic heterocycles. The summed E-state index contributed by atoms with van der Waals surface area (Å²) in [6.45, 7) is 0. The highest BCUT2D eigenvalue weighted by molar-refractivity contribution is 6.31. The molecule has 0 aliphatic rings. The molecule has 0 radical (unpaired) electrons. The quantitative estimate of drug-likeness (QED) is 0.767. The van der Waals surface area contributed by atoms with Crippen molar-refractivity contribution in [3.8, 4) is 11.3 Å². The highest BCUT2D eigenvalue weighted by Gasteiger charge is 2.08. The number of nitrogens with one attached hydrogen (secondary N) is 2. The zero-order chi connectivity index (χ0) is 15.4. The number of halogens is 1. The van der Waals surface area contributed by atoms with Gasteiger partial charge < -0.3 is 10.3 Å². The van der Waals surface area contributed by atoms with Crippen LogP contribution in [0.4, 0.5) is 5.69 Å². The van der Waals surface area contributed by atoms with Crippen LogP contribution in [0.2, 0.25) is 5.02 Å². The molecular weight excluding hydrogens is 298 g/mol. The number of hydrogen-bond acceptors (Lipinski definition) is 2. The van der Waals surface area contributed by atoms with Crippen molar-refractivity contribution in [2.24, 2.45) is 0 Å². The molecule has 1 aromatic heterocycles. The van der Waals surface area contributed by atoms with Crippen molar-refractivity contribution in [3.05, 3.63) is 71.6 Å². The molecule has 5 heteroatoms. The number of imidazole rings is 1. The molecular formula is C17H14ClN3O. The second-order valence-electron chi connectivity index (χ2n) is 4.86. The first-order valence-electron chi connectivity index (χ1n) is 6.84. The maximum atomic E-state index is 12.1. The van der Waals surface area contributed by atoms with Crippen LogP contribution in [0.25, 0.3) is 11.3 Å². The first kappa shape index (κ1) is 14.4. The second kappa shape index (κ2) is 6.45. The van der Waals surface area contributed by atoms with Gasteiger partial charge in [-0.05, 0) is 23.8 Å². The van der Waals surface area contributed by atoms with Crippen LogP contribution in [-0.2, 0) is 11.2 Å². The Kier molecular flexibility index (Phi) is 4.21. The molecule has 0 unspecified atom stereocenters. The number of nitrogens with zero attached hydrogens (tertiary/aromatic N) is 1. The Hall–Kier alpha value is -2.59. The largest absolute Gasteiger partial charge is 0.345 e. The van der Waals surface area contributed by atoms with E-state index in [1.54, 1.807) is 18.6 Å². The molecule has 0 fully saturated rings. The Balaban J connectivity index is 1.72. The number of carbonyl (C=O) groups is 1. The lowest BCUT2D eigenvalue weighted by Gasteiger charge is -2.08. The van der Waals surface area contributed by atoms with Crippen LogP contribution in [0.3, 0.4) is 0 Å². The van der Waals surface area contributed by atoms with Gasteiger partial charge in [0.2, 0.25) is 5.91 Å². The van der Waals surface area contributed by atoms with Crippen LogP contribution >= 0.6 is 11.6 Å². The van der Waals surface area contributed by atoms with Gasteiger partial charge in [-0.15, -0.1) is 0 Å². The lowest BCUT2D eigenvalue weighted by atomic mass is 10.1. The van der Waals surface area contributed by atoms with Gasteiger partial charge in [0.25, 0.3) is 0 Å². The summed E-state index contributed by atoms with van der Waals surface area (Å²) >= 11 is 6.07. The van der Waals surface area contributed by atoms with Crippen molar-refractivity contribution in [1.29, 1.82) is 0 Å². The third kappa shape index (κ3) is 3.35. The number of hydrogen-bond donors (Lipinski definition) is 2. The molecule has 1 heterocycles. The smallest absolute Gasteiger partial charge is 0.228 e. The fourth-order valence-corrected chi connectivity index (χ4v) is 2.40. The summed E-state index contributed by atoms with van der Waals surface area (Å²) < 4.78 is 0. The predicted molar refractivity (Wildman–Crippen MR) is 87.8 cm³/mol. The highest BCUT2D eigenvalue weighted by Crippen LogP contribution is 2.21. The maximum absolute atomic E-state index is 12.1. The molecule has 0 saturated carbocycles. The Morgan fingerprint density at radius 3 is 2.82 bits per heavy atom. The van der Waals surface area contributed by atoms with Gasteiger partial charge in [-0.25, -0.2) is 4.98 Å². The Morgan fingerprint density at radius 2 is 2.05 bits per heavy atom. The van der Waals surface area contributed by atoms with Gasteiger partial charge in [0.1, 0.15) is 0 Å². The van der Waals surface area contributed by atoms with Crippen molar-refractivity contribution in [2.45, 2.75) is 6.42 Å². The Labute approximate surface area is 133 Å². The van der Waals surface area contributed by atoms with Crippen molar-refractivity contribution in [1.82, 2.24) is 9.97 Å². The summed E-state index contributed by atoms with van der Waals surface area (Å²) in [6, 6.07) is 14.9. The van der Waals surface area contributed by atoms with Crippen molar-refractivity contribution in [2.75, 3.05) is 5.32 Å². The number of aromatic nitrogens is 2. The summed E-state index contributed by atoms with van der Waals surface area (Å²) in [4.78, 5) is 19.2. The molecule has 0 atom stereocenters. The number of benzene rings is 2. The van der Waals surface area contributed by atoms with Crippen LogP contribution in [0.5, 0.6) is 0 Å². The van der Waals surface area contributed by atoms with E-state index in [4.69, 9.17) is 11.6 Å². The maximum Gasteiger partial charge on any atom is 0.228 e. The number of aromatic amines is 1. The molecule has 0 spiro atoms. The predicted octanol–water partition coefficient (Wildman–Crippen LogP) is 3.91. The second-order valence-corrected chi connectivity index (χ2v) is 5.27. The average molecular weight is 312 g/mol. The first-order valence-corrected chi connectivity index (χ1v) is 7.22. The molecule has 4 nitrogen and oxygen atoms in total. The fraction of sp³-hybridized carbons (Fsp3) is 0.0588. The SMILES string of the molecule is O=C(Cc1ccccc1Cl)Nc1cccc(-c2cnc[nH]2)c1. The molecule has 110 valence electrons. The van der Waals surface area contributed by atoms with Gasteiger partial charge >= 0.3 is 0 Å². The third-order valence-corrected chi connectivity index (χ3v) is 3.63. The van der Waals surface area contributed by atoms with Crippen LogP contribution in [-0.4, -0.2) is 15.9 Å². The van der Waals surface area contributed by atoms with Crippen LogP contribution in [0, 0.1) is 0 Å². The van der Waals surface area contributed by atoms with E-state index in [1.807, 2.05) is 42.5 Å². The van der Waals surface area contributed by atoms with Gasteiger partial charge in [0.05, 0.1) is 24.6 Å². The van der Waals surface area contributed by atoms with E-state index in [-0.39, 0.29) is 12.3 Å². The van der Waals surface area contributed by atoms with E-state index in [0.717, 1.165) is 22.5 Å². The van der Waals surface area contributed by atoms with E-state index in [2.05, 4.69) is 15.3 Å². The normalized spacial score (nSPS) is 10.4. The van der Waals surface area contributed by atoms with Crippen molar-refractivity contribution in [3.63, 3.8) is 0 Å². The molecule has 22 heavy (non-hydrogen) atoms. The molecule has 0 bridgehead atoms. The van der Waals surface area contributed by atoms with E-state index in [9.17, 15) is 4.79 Å². The average Bonchev–Trinajstić information content (AvgIpc) is 3.04. The number of anilines is 1. The minimum atomic E-state index is -0.102. The molecule has 0 aliphatic carbocycles. The lowest BCUT2D eigenvalue weighted by molar-refractivity contribution is -0.115. The van der Waals surface area contributed by atoms with E-state index in [0.29, 0.717) is 5.02 Å². The summed E-state index contributed by atoms with van der Waals surface area (Å²) in [5, 5.41) is 3.49. The Bertz CT molecular complexity index is 784. The molecule has 2 N–H and O–H groups in total. The fourth-order valence-electron chi connectivity index (χ4n) is 2.20. The standard InChI is InChI=1S/C17H14ClN3O/c18-15-7-2-1-4-12(15)9-17(22)21-14-6-3-5-13(8-14)16-10-19-11-20-16/h1-8,10-11H,9H2,(H,19,20)(H,21,22). The van der Waals surface area contributed by atoms with Gasteiger partial charge in [0, 0.05) is 16.3 Å². The highest BCUT2D eigenvalue weighted by atomic mass is 35.5. The van der Waals surface area contributed by atoms with Crippen LogP contribution < -0.4 is 5.32 Å². The number of carbonyl (C=O) groups excluding carboxylic acids is 1. The topological polar surface area (TPSA) is 57.8 Å². The van der Waals surface area contributed by atoms with Crippen LogP contribution in [0.1, 0.15) is 5.56 Å². The summed E-state index contributed by atoms with van der Waals surface area (Å²) in [7, 11) is 0. The number of rotatable bonds is 4. The monoisotopic (exact) mass is 311 g/mol. The van der Waals surface area contributed by atoms with Gasteiger partial charge in [-0.2, -0.15) is 0 Å². The molecule has 2 aromatic carbocycles. The summed E-state index contributed by atoms with van der Waals surface area (Å²) in [5.41, 5.74) is 3.42. The lowest BCUT2D eigenvalue weighted by Crippen LogP contribution is -2.14. The van der Waals surface area contributed by atoms with Crippen molar-refractivity contribution < 1.29 is 4.79 Å². The third-order valence-electron chi connectivity index (χ3n) is 3.26. The summed E-state index contributed by atoms with van der Waals surface area (Å²) in [6.07, 6.45) is 3.61. The van der Waals surface area contributed by atoms with E-state index >= 15 is 0 Å². The zero-order valence-electron chi connectivity index (χ0n) is 11.7. The Morgan fingerprint density at radius 1 is 1.18 bits per heavy atom. The number of amides is 1. The minimum absolute atomic E-state index is 0.102. The van der Waals surface area contributed by atoms with Gasteiger partial charge in [-0.3, -0.25) is 4.79 Å². The zero-order valence-corrected chi connectivity index (χ0v) is 12.5. The first-order chi connectivity index (χ1) is 10.7. The molecule has 1 amide bonds. The number of H-pyrrole nitrogens is 1. The molecule has 3 aromatic rings. The summed E-state index contributed by atoms with van der Waals surface area (Å²) in [5.74, 6) is -0.102. The minimum Gasteiger partial charge on any atom is -0.345 e.